The number of Topliss-reactive ketones (excluding diaryl/α,β-unsaturated/α-hetero) is 1. The largest absolute Gasteiger partial charge is 0.480 e. The molecule has 0 spiro atoms. The molecule has 1 saturated carbocycles. The Labute approximate surface area is 82.7 Å². The van der Waals surface area contributed by atoms with Gasteiger partial charge in [-0.3, -0.25) is 9.59 Å². The van der Waals surface area contributed by atoms with Crippen LogP contribution in [0, 0.1) is 5.92 Å². The highest BCUT2D eigenvalue weighted by Gasteiger charge is 2.41. The number of carboxylic acid groups (broad SMARTS) is 1. The van der Waals surface area contributed by atoms with Gasteiger partial charge in [0.25, 0.3) is 0 Å². The standard InChI is InChI=1S/C10H15NO3/c12-9-4-2-1-3-7-6(9)5-8(11-7)10(13)14/h6-8,11H,1-5H2,(H,13,14)/t6-,7+,8+/m1/s1. The molecule has 0 radical (unpaired) electrons. The molecule has 2 rings (SSSR count). The molecule has 0 aromatic carbocycles. The Balaban J connectivity index is 2.08. The number of fused-ring (bicyclic) bond motifs is 1. The number of ketones is 1. The van der Waals surface area contributed by atoms with Crippen LogP contribution in [0.3, 0.4) is 0 Å². The van der Waals surface area contributed by atoms with Gasteiger partial charge in [0.05, 0.1) is 0 Å². The number of hydrogen-bond donors (Lipinski definition) is 2. The quantitative estimate of drug-likeness (QED) is 0.644. The van der Waals surface area contributed by atoms with Gasteiger partial charge in [0.2, 0.25) is 0 Å². The number of carbonyl (C=O) groups is 2. The van der Waals surface area contributed by atoms with Crippen molar-refractivity contribution < 1.29 is 14.7 Å². The lowest BCUT2D eigenvalue weighted by atomic mass is 9.93. The van der Waals surface area contributed by atoms with Gasteiger partial charge in [0, 0.05) is 18.4 Å². The third-order valence-corrected chi connectivity index (χ3v) is 3.29. The zero-order valence-electron chi connectivity index (χ0n) is 8.03. The molecule has 2 N–H and O–H groups in total. The van der Waals surface area contributed by atoms with Gasteiger partial charge >= 0.3 is 5.97 Å². The average Bonchev–Trinajstić information content (AvgIpc) is 2.49. The molecule has 0 amide bonds. The van der Waals surface area contributed by atoms with Gasteiger partial charge in [-0.05, 0) is 19.3 Å². The Morgan fingerprint density at radius 1 is 1.43 bits per heavy atom. The monoisotopic (exact) mass is 197 g/mol. The van der Waals surface area contributed by atoms with E-state index >= 15 is 0 Å². The molecule has 78 valence electrons. The van der Waals surface area contributed by atoms with Crippen molar-refractivity contribution in [1.29, 1.82) is 0 Å². The molecule has 0 bridgehead atoms. The van der Waals surface area contributed by atoms with Crippen molar-refractivity contribution in [2.75, 3.05) is 0 Å². The molecule has 0 aromatic rings. The van der Waals surface area contributed by atoms with Crippen molar-refractivity contribution in [2.24, 2.45) is 5.92 Å². The molecule has 2 fully saturated rings. The third-order valence-electron chi connectivity index (χ3n) is 3.29. The second-order valence-corrected chi connectivity index (χ2v) is 4.22. The molecule has 14 heavy (non-hydrogen) atoms. The summed E-state index contributed by atoms with van der Waals surface area (Å²) in [5.74, 6) is -0.617. The molecule has 1 saturated heterocycles. The summed E-state index contributed by atoms with van der Waals surface area (Å²) in [6.07, 6.45) is 4.06. The molecule has 4 heteroatoms. The fourth-order valence-electron chi connectivity index (χ4n) is 2.52. The van der Waals surface area contributed by atoms with Crippen LogP contribution < -0.4 is 5.32 Å². The van der Waals surface area contributed by atoms with Gasteiger partial charge < -0.3 is 10.4 Å². The normalized spacial score (nSPS) is 37.7. The van der Waals surface area contributed by atoms with Gasteiger partial charge in [0.15, 0.2) is 0 Å². The van der Waals surface area contributed by atoms with Gasteiger partial charge in [-0.1, -0.05) is 6.42 Å². The van der Waals surface area contributed by atoms with Crippen LogP contribution in [0.5, 0.6) is 0 Å². The van der Waals surface area contributed by atoms with Crippen LogP contribution in [-0.4, -0.2) is 28.9 Å². The lowest BCUT2D eigenvalue weighted by Gasteiger charge is -2.13. The van der Waals surface area contributed by atoms with Crippen LogP contribution in [0.2, 0.25) is 0 Å². The first kappa shape index (κ1) is 9.65. The number of rotatable bonds is 1. The second kappa shape index (κ2) is 3.69. The highest BCUT2D eigenvalue weighted by Crippen LogP contribution is 2.29. The minimum atomic E-state index is -0.828. The summed E-state index contributed by atoms with van der Waals surface area (Å²) >= 11 is 0. The predicted molar refractivity (Wildman–Crippen MR) is 49.9 cm³/mol. The van der Waals surface area contributed by atoms with Crippen molar-refractivity contribution in [1.82, 2.24) is 5.32 Å². The highest BCUT2D eigenvalue weighted by molar-refractivity contribution is 5.84. The fourth-order valence-corrected chi connectivity index (χ4v) is 2.52. The van der Waals surface area contributed by atoms with E-state index in [9.17, 15) is 9.59 Å². The summed E-state index contributed by atoms with van der Waals surface area (Å²) in [7, 11) is 0. The van der Waals surface area contributed by atoms with Crippen molar-refractivity contribution >= 4 is 11.8 Å². The van der Waals surface area contributed by atoms with E-state index in [1.807, 2.05) is 0 Å². The Kier molecular flexibility index (Phi) is 2.54. The lowest BCUT2D eigenvalue weighted by Crippen LogP contribution is -2.36. The van der Waals surface area contributed by atoms with Crippen molar-refractivity contribution in [3.8, 4) is 0 Å². The Morgan fingerprint density at radius 2 is 2.21 bits per heavy atom. The maximum atomic E-state index is 11.6. The molecule has 1 aliphatic heterocycles. The number of carbonyl (C=O) groups excluding carboxylic acids is 1. The number of carboxylic acids is 1. The van der Waals surface area contributed by atoms with Crippen LogP contribution in [0.1, 0.15) is 32.1 Å². The van der Waals surface area contributed by atoms with E-state index in [2.05, 4.69) is 5.32 Å². The summed E-state index contributed by atoms with van der Waals surface area (Å²) in [6, 6.07) is -0.391. The van der Waals surface area contributed by atoms with E-state index < -0.39 is 12.0 Å². The number of aliphatic carboxylic acids is 1. The van der Waals surface area contributed by atoms with Crippen molar-refractivity contribution in [3.63, 3.8) is 0 Å². The van der Waals surface area contributed by atoms with Crippen LogP contribution in [-0.2, 0) is 9.59 Å². The summed E-state index contributed by atoms with van der Waals surface area (Å²) in [6.45, 7) is 0. The average molecular weight is 197 g/mol. The molecule has 1 heterocycles. The van der Waals surface area contributed by atoms with Gasteiger partial charge in [-0.2, -0.15) is 0 Å². The number of nitrogens with one attached hydrogen (secondary N) is 1. The fraction of sp³-hybridized carbons (Fsp3) is 0.800. The van der Waals surface area contributed by atoms with Gasteiger partial charge in [-0.25, -0.2) is 0 Å². The molecular formula is C10H15NO3. The summed E-state index contributed by atoms with van der Waals surface area (Å²) in [4.78, 5) is 22.4. The van der Waals surface area contributed by atoms with E-state index in [0.29, 0.717) is 12.8 Å². The smallest absolute Gasteiger partial charge is 0.320 e. The molecule has 1 aliphatic carbocycles. The summed E-state index contributed by atoms with van der Waals surface area (Å²) < 4.78 is 0. The van der Waals surface area contributed by atoms with Gasteiger partial charge in [-0.15, -0.1) is 0 Å². The Morgan fingerprint density at radius 3 is 2.93 bits per heavy atom. The maximum Gasteiger partial charge on any atom is 0.320 e. The second-order valence-electron chi connectivity index (χ2n) is 4.22. The predicted octanol–water partition coefficient (Wildman–Crippen LogP) is 0.561. The van der Waals surface area contributed by atoms with E-state index in [0.717, 1.165) is 19.3 Å². The Bertz CT molecular complexity index is 264. The first-order valence-corrected chi connectivity index (χ1v) is 5.20. The number of hydrogen-bond acceptors (Lipinski definition) is 3. The first-order chi connectivity index (χ1) is 6.68. The first-order valence-electron chi connectivity index (χ1n) is 5.20. The third kappa shape index (κ3) is 1.66. The topological polar surface area (TPSA) is 66.4 Å². The van der Waals surface area contributed by atoms with E-state index in [-0.39, 0.29) is 17.7 Å². The zero-order chi connectivity index (χ0) is 10.1. The van der Waals surface area contributed by atoms with Crippen LogP contribution in [0.15, 0.2) is 0 Å². The molecular weight excluding hydrogens is 182 g/mol. The van der Waals surface area contributed by atoms with E-state index in [4.69, 9.17) is 5.11 Å². The molecule has 4 nitrogen and oxygen atoms in total. The van der Waals surface area contributed by atoms with Gasteiger partial charge in [0.1, 0.15) is 11.8 Å². The summed E-state index contributed by atoms with van der Waals surface area (Å²) in [5.41, 5.74) is 0. The maximum absolute atomic E-state index is 11.6. The SMILES string of the molecule is O=C(O)[C@@H]1C[C@H]2C(=O)CCCC[C@@H]2N1. The minimum absolute atomic E-state index is 0.0430. The lowest BCUT2D eigenvalue weighted by molar-refractivity contribution is -0.139. The van der Waals surface area contributed by atoms with Crippen LogP contribution in [0.4, 0.5) is 0 Å². The van der Waals surface area contributed by atoms with E-state index in [1.54, 1.807) is 0 Å². The Hall–Kier alpha value is -0.900. The molecule has 0 aromatic heterocycles. The van der Waals surface area contributed by atoms with Crippen molar-refractivity contribution in [3.05, 3.63) is 0 Å². The zero-order valence-corrected chi connectivity index (χ0v) is 8.03. The van der Waals surface area contributed by atoms with Crippen LogP contribution >= 0.6 is 0 Å². The van der Waals surface area contributed by atoms with E-state index in [1.165, 1.54) is 0 Å². The van der Waals surface area contributed by atoms with Crippen LogP contribution in [0.25, 0.3) is 0 Å². The molecule has 0 unspecified atom stereocenters. The van der Waals surface area contributed by atoms with Crippen molar-refractivity contribution in [2.45, 2.75) is 44.2 Å². The summed E-state index contributed by atoms with van der Waals surface area (Å²) in [5, 5.41) is 11.9. The molecule has 3 atom stereocenters. The molecule has 2 aliphatic rings. The highest BCUT2D eigenvalue weighted by atomic mass is 16.4. The minimum Gasteiger partial charge on any atom is -0.480 e.